The number of fused-ring (bicyclic) bond motifs is 1. The Morgan fingerprint density at radius 1 is 1.08 bits per heavy atom. The van der Waals surface area contributed by atoms with Crippen LogP contribution >= 0.6 is 0 Å². The van der Waals surface area contributed by atoms with Crippen LogP contribution in [0.2, 0.25) is 0 Å². The second-order valence-corrected chi connectivity index (χ2v) is 8.88. The van der Waals surface area contributed by atoms with Crippen LogP contribution in [0.1, 0.15) is 22.3 Å². The first-order valence-electron chi connectivity index (χ1n) is 12.3. The molecule has 1 aliphatic heterocycles. The van der Waals surface area contributed by atoms with E-state index >= 15 is 0 Å². The van der Waals surface area contributed by atoms with Gasteiger partial charge in [-0.2, -0.15) is 5.26 Å². The molecule has 0 bridgehead atoms. The molecule has 7 nitrogen and oxygen atoms in total. The molecule has 0 spiro atoms. The van der Waals surface area contributed by atoms with Gasteiger partial charge in [0.25, 0.3) is 0 Å². The summed E-state index contributed by atoms with van der Waals surface area (Å²) >= 11 is 0. The molecule has 3 N–H and O–H groups in total. The van der Waals surface area contributed by atoms with Gasteiger partial charge in [0, 0.05) is 79.0 Å². The summed E-state index contributed by atoms with van der Waals surface area (Å²) in [5.74, 6) is 0.844. The number of nitrogens with zero attached hydrogens (tertiary/aromatic N) is 3. The number of aromatic amines is 1. The van der Waals surface area contributed by atoms with Gasteiger partial charge in [-0.25, -0.2) is 0 Å². The van der Waals surface area contributed by atoms with Crippen molar-refractivity contribution in [2.75, 3.05) is 44.6 Å². The molecule has 36 heavy (non-hydrogen) atoms. The quantitative estimate of drug-likeness (QED) is 0.332. The van der Waals surface area contributed by atoms with Crippen LogP contribution in [-0.2, 0) is 0 Å². The Bertz CT molecular complexity index is 1410. The van der Waals surface area contributed by atoms with E-state index in [0.29, 0.717) is 12.2 Å². The fourth-order valence-electron chi connectivity index (χ4n) is 4.53. The van der Waals surface area contributed by atoms with E-state index in [1.54, 1.807) is 12.4 Å². The minimum absolute atomic E-state index is 0.492. The van der Waals surface area contributed by atoms with Crippen molar-refractivity contribution in [2.45, 2.75) is 6.92 Å². The van der Waals surface area contributed by atoms with Crippen molar-refractivity contribution in [3.8, 4) is 11.8 Å². The zero-order valence-electron chi connectivity index (χ0n) is 20.4. The smallest absolute Gasteiger partial charge is 0.126 e. The topological polar surface area (TPSA) is 89.0 Å². The number of rotatable bonds is 8. The van der Waals surface area contributed by atoms with Crippen LogP contribution in [0, 0.1) is 18.3 Å². The lowest BCUT2D eigenvalue weighted by Gasteiger charge is -2.27. The summed E-state index contributed by atoms with van der Waals surface area (Å²) in [6.45, 7) is 7.80. The third kappa shape index (κ3) is 5.25. The van der Waals surface area contributed by atoms with Gasteiger partial charge in [-0.15, -0.1) is 0 Å². The van der Waals surface area contributed by atoms with Crippen molar-refractivity contribution in [1.82, 2.24) is 20.2 Å². The van der Waals surface area contributed by atoms with Gasteiger partial charge in [0.2, 0.25) is 0 Å². The predicted molar refractivity (Wildman–Crippen MR) is 145 cm³/mol. The van der Waals surface area contributed by atoms with E-state index in [1.165, 1.54) is 0 Å². The van der Waals surface area contributed by atoms with E-state index in [4.69, 9.17) is 4.74 Å². The van der Waals surface area contributed by atoms with Crippen molar-refractivity contribution in [1.29, 1.82) is 5.26 Å². The number of nitriles is 1. The maximum absolute atomic E-state index is 9.78. The van der Waals surface area contributed by atoms with Crippen LogP contribution in [0.5, 0.6) is 5.75 Å². The highest BCUT2D eigenvalue weighted by molar-refractivity contribution is 5.90. The molecular weight excluding hydrogens is 448 g/mol. The van der Waals surface area contributed by atoms with Gasteiger partial charge in [-0.1, -0.05) is 30.4 Å². The van der Waals surface area contributed by atoms with Crippen molar-refractivity contribution in [3.05, 3.63) is 83.3 Å². The second kappa shape index (κ2) is 11.1. The number of para-hydroxylation sites is 1. The number of pyridine rings is 1. The molecule has 0 saturated carbocycles. The van der Waals surface area contributed by atoms with Gasteiger partial charge >= 0.3 is 0 Å². The SMILES string of the molecule is Cc1c(Nc2c(C#N)cncc2/C=C/c2ccccc2OCCN2CCNCC2)ccc2[nH]ccc12. The highest BCUT2D eigenvalue weighted by Gasteiger charge is 2.12. The van der Waals surface area contributed by atoms with Gasteiger partial charge < -0.3 is 20.4 Å². The minimum Gasteiger partial charge on any atom is -0.492 e. The van der Waals surface area contributed by atoms with Crippen LogP contribution in [0.15, 0.2) is 61.1 Å². The number of aromatic nitrogens is 2. The Labute approximate surface area is 211 Å². The summed E-state index contributed by atoms with van der Waals surface area (Å²) in [5.41, 5.74) is 6.20. The van der Waals surface area contributed by atoms with Gasteiger partial charge in [0.05, 0.1) is 11.3 Å². The van der Waals surface area contributed by atoms with Gasteiger partial charge in [-0.05, 0) is 36.8 Å². The second-order valence-electron chi connectivity index (χ2n) is 8.88. The molecule has 0 atom stereocenters. The van der Waals surface area contributed by atoms with E-state index in [-0.39, 0.29) is 0 Å². The lowest BCUT2D eigenvalue weighted by Crippen LogP contribution is -2.44. The summed E-state index contributed by atoms with van der Waals surface area (Å²) in [4.78, 5) is 9.96. The van der Waals surface area contributed by atoms with Crippen molar-refractivity contribution in [2.24, 2.45) is 0 Å². The number of nitrogens with one attached hydrogen (secondary N) is 3. The number of hydrogen-bond donors (Lipinski definition) is 3. The van der Waals surface area contributed by atoms with E-state index in [1.807, 2.05) is 54.7 Å². The van der Waals surface area contributed by atoms with Crippen LogP contribution in [-0.4, -0.2) is 54.2 Å². The van der Waals surface area contributed by atoms with Gasteiger partial charge in [0.15, 0.2) is 0 Å². The Morgan fingerprint density at radius 3 is 2.78 bits per heavy atom. The largest absolute Gasteiger partial charge is 0.492 e. The van der Waals surface area contributed by atoms with Gasteiger partial charge in [0.1, 0.15) is 18.4 Å². The molecule has 4 aromatic rings. The highest BCUT2D eigenvalue weighted by atomic mass is 16.5. The van der Waals surface area contributed by atoms with Crippen LogP contribution in [0.4, 0.5) is 11.4 Å². The molecule has 1 aliphatic rings. The third-order valence-corrected chi connectivity index (χ3v) is 6.60. The highest BCUT2D eigenvalue weighted by Crippen LogP contribution is 2.31. The number of H-pyrrole nitrogens is 1. The molecule has 0 aliphatic carbocycles. The fourth-order valence-corrected chi connectivity index (χ4v) is 4.53. The van der Waals surface area contributed by atoms with Crippen LogP contribution in [0.3, 0.4) is 0 Å². The Kier molecular flexibility index (Phi) is 7.27. The number of ether oxygens (including phenoxy) is 1. The Balaban J connectivity index is 1.37. The summed E-state index contributed by atoms with van der Waals surface area (Å²) < 4.78 is 6.15. The average Bonchev–Trinajstić information content (AvgIpc) is 3.40. The Morgan fingerprint density at radius 2 is 1.92 bits per heavy atom. The first kappa shape index (κ1) is 23.6. The van der Waals surface area contributed by atoms with E-state index in [9.17, 15) is 5.26 Å². The molecule has 1 saturated heterocycles. The molecular formula is C29H30N6O. The number of benzene rings is 2. The number of anilines is 2. The normalized spacial score (nSPS) is 14.2. The molecule has 0 unspecified atom stereocenters. The lowest BCUT2D eigenvalue weighted by atomic mass is 10.1. The summed E-state index contributed by atoms with van der Waals surface area (Å²) in [7, 11) is 0. The molecule has 7 heteroatoms. The average molecular weight is 479 g/mol. The first-order chi connectivity index (χ1) is 17.7. The molecule has 0 radical (unpaired) electrons. The minimum atomic E-state index is 0.492. The van der Waals surface area contributed by atoms with Crippen molar-refractivity contribution in [3.63, 3.8) is 0 Å². The molecule has 2 aromatic carbocycles. The zero-order chi connectivity index (χ0) is 24.7. The molecule has 2 aromatic heterocycles. The van der Waals surface area contributed by atoms with Crippen LogP contribution in [0.25, 0.3) is 23.1 Å². The monoisotopic (exact) mass is 478 g/mol. The molecule has 5 rings (SSSR count). The molecule has 182 valence electrons. The maximum atomic E-state index is 9.78. The lowest BCUT2D eigenvalue weighted by molar-refractivity contribution is 0.191. The molecule has 1 fully saturated rings. The number of piperazine rings is 1. The third-order valence-electron chi connectivity index (χ3n) is 6.60. The van der Waals surface area contributed by atoms with E-state index < -0.39 is 0 Å². The zero-order valence-corrected chi connectivity index (χ0v) is 20.4. The predicted octanol–water partition coefficient (Wildman–Crippen LogP) is 4.94. The summed E-state index contributed by atoms with van der Waals surface area (Å²) in [6, 6.07) is 16.4. The molecule has 0 amide bonds. The van der Waals surface area contributed by atoms with Crippen LogP contribution < -0.4 is 15.4 Å². The van der Waals surface area contributed by atoms with Crippen molar-refractivity contribution < 1.29 is 4.74 Å². The summed E-state index contributed by atoms with van der Waals surface area (Å²) in [6.07, 6.45) is 9.31. The number of hydrogen-bond acceptors (Lipinski definition) is 6. The fraction of sp³-hybridized carbons (Fsp3) is 0.241. The molecule has 3 heterocycles. The summed E-state index contributed by atoms with van der Waals surface area (Å²) in [5, 5.41) is 17.8. The maximum Gasteiger partial charge on any atom is 0.126 e. The van der Waals surface area contributed by atoms with Gasteiger partial charge in [-0.3, -0.25) is 9.88 Å². The number of aryl methyl sites for hydroxylation is 1. The van der Waals surface area contributed by atoms with Crippen molar-refractivity contribution >= 4 is 34.4 Å². The standard InChI is InChI=1S/C29H30N6O/c1-21-25-10-11-33-27(25)9-8-26(21)34-29-23(19-32-20-24(29)18-30)7-6-22-4-2-3-5-28(22)36-17-16-35-14-12-31-13-15-35/h2-11,19-20,31,33H,12-17H2,1H3,(H,32,34)/b7-6+. The van der Waals surface area contributed by atoms with E-state index in [2.05, 4.69) is 44.6 Å². The first-order valence-corrected chi connectivity index (χ1v) is 12.3. The Hall–Kier alpha value is -4.12. The van der Waals surface area contributed by atoms with E-state index in [0.717, 1.165) is 77.4 Å².